The van der Waals surface area contributed by atoms with Crippen molar-refractivity contribution < 1.29 is 23.9 Å². The van der Waals surface area contributed by atoms with Crippen LogP contribution in [-0.4, -0.2) is 37.7 Å². The van der Waals surface area contributed by atoms with E-state index < -0.39 is 12.1 Å². The number of rotatable bonds is 9. The van der Waals surface area contributed by atoms with Crippen LogP contribution in [0.1, 0.15) is 30.4 Å². The Morgan fingerprint density at radius 2 is 1.59 bits per heavy atom. The standard InChI is InChI=1S/C22H26N2O5/c1-16(24-22(27)29-15-17-9-5-3-6-10-17)21(26)23-14-19(13-20(25)28-2)18-11-7-4-8-12-18/h3-12,16,19H,13-15H2,1-2H3,(H,23,26)(H,24,27). The first-order chi connectivity index (χ1) is 14.0. The van der Waals surface area contributed by atoms with Gasteiger partial charge in [-0.15, -0.1) is 0 Å². The number of ether oxygens (including phenoxy) is 2. The largest absolute Gasteiger partial charge is 0.469 e. The quantitative estimate of drug-likeness (QED) is 0.634. The molecule has 0 aromatic heterocycles. The predicted molar refractivity (Wildman–Crippen MR) is 108 cm³/mol. The number of alkyl carbamates (subject to hydrolysis) is 1. The number of benzene rings is 2. The van der Waals surface area contributed by atoms with Gasteiger partial charge in [-0.1, -0.05) is 60.7 Å². The molecule has 0 saturated heterocycles. The summed E-state index contributed by atoms with van der Waals surface area (Å²) in [4.78, 5) is 35.9. The van der Waals surface area contributed by atoms with Crippen molar-refractivity contribution in [3.63, 3.8) is 0 Å². The lowest BCUT2D eigenvalue weighted by atomic mass is 9.95. The Morgan fingerprint density at radius 1 is 0.966 bits per heavy atom. The van der Waals surface area contributed by atoms with Crippen molar-refractivity contribution in [3.05, 3.63) is 71.8 Å². The second-order valence-electron chi connectivity index (χ2n) is 6.56. The summed E-state index contributed by atoms with van der Waals surface area (Å²) in [5.74, 6) is -0.957. The highest BCUT2D eigenvalue weighted by Gasteiger charge is 2.21. The number of methoxy groups -OCH3 is 1. The lowest BCUT2D eigenvalue weighted by molar-refractivity contribution is -0.141. The van der Waals surface area contributed by atoms with Crippen LogP contribution >= 0.6 is 0 Å². The van der Waals surface area contributed by atoms with Crippen molar-refractivity contribution in [1.29, 1.82) is 0 Å². The van der Waals surface area contributed by atoms with Gasteiger partial charge < -0.3 is 20.1 Å². The van der Waals surface area contributed by atoms with Gasteiger partial charge in [-0.3, -0.25) is 9.59 Å². The van der Waals surface area contributed by atoms with Crippen LogP contribution in [0.2, 0.25) is 0 Å². The molecular weight excluding hydrogens is 372 g/mol. The van der Waals surface area contributed by atoms with Crippen LogP contribution in [0.15, 0.2) is 60.7 Å². The summed E-state index contributed by atoms with van der Waals surface area (Å²) in [5.41, 5.74) is 1.77. The molecule has 0 radical (unpaired) electrons. The number of carbonyl (C=O) groups excluding carboxylic acids is 3. The summed E-state index contributed by atoms with van der Waals surface area (Å²) >= 11 is 0. The second-order valence-corrected chi connectivity index (χ2v) is 6.56. The van der Waals surface area contributed by atoms with Crippen LogP contribution < -0.4 is 10.6 Å². The predicted octanol–water partition coefficient (Wildman–Crippen LogP) is 2.76. The molecular formula is C22H26N2O5. The van der Waals surface area contributed by atoms with Gasteiger partial charge in [0.25, 0.3) is 0 Å². The Bertz CT molecular complexity index is 795. The summed E-state index contributed by atoms with van der Waals surface area (Å²) < 4.78 is 9.87. The van der Waals surface area contributed by atoms with E-state index in [2.05, 4.69) is 10.6 Å². The molecule has 0 bridgehead atoms. The monoisotopic (exact) mass is 398 g/mol. The summed E-state index contributed by atoms with van der Waals surface area (Å²) in [6.45, 7) is 1.93. The molecule has 2 aromatic carbocycles. The summed E-state index contributed by atoms with van der Waals surface area (Å²) in [5, 5.41) is 5.27. The van der Waals surface area contributed by atoms with Crippen molar-refractivity contribution in [2.75, 3.05) is 13.7 Å². The maximum absolute atomic E-state index is 12.3. The minimum Gasteiger partial charge on any atom is -0.469 e. The first kappa shape index (κ1) is 21.9. The third-order valence-electron chi connectivity index (χ3n) is 4.37. The topological polar surface area (TPSA) is 93.7 Å². The molecule has 2 amide bonds. The molecule has 0 aliphatic carbocycles. The second kappa shape index (κ2) is 11.5. The van der Waals surface area contributed by atoms with Crippen LogP contribution in [0.5, 0.6) is 0 Å². The Morgan fingerprint density at radius 3 is 2.21 bits per heavy atom. The van der Waals surface area contributed by atoms with Crippen molar-refractivity contribution in [3.8, 4) is 0 Å². The lowest BCUT2D eigenvalue weighted by Gasteiger charge is -2.19. The fraction of sp³-hybridized carbons (Fsp3) is 0.318. The average molecular weight is 398 g/mol. The molecule has 2 unspecified atom stereocenters. The molecule has 0 heterocycles. The van der Waals surface area contributed by atoms with E-state index in [1.807, 2.05) is 60.7 Å². The van der Waals surface area contributed by atoms with Gasteiger partial charge in [-0.05, 0) is 18.1 Å². The van der Waals surface area contributed by atoms with Gasteiger partial charge >= 0.3 is 12.1 Å². The molecule has 29 heavy (non-hydrogen) atoms. The van der Waals surface area contributed by atoms with Gasteiger partial charge in [0.1, 0.15) is 12.6 Å². The Hall–Kier alpha value is -3.35. The van der Waals surface area contributed by atoms with Crippen molar-refractivity contribution in [2.45, 2.75) is 31.9 Å². The normalized spacial score (nSPS) is 12.3. The van der Waals surface area contributed by atoms with Crippen LogP contribution in [-0.2, 0) is 25.7 Å². The maximum atomic E-state index is 12.3. The molecule has 0 aliphatic heterocycles. The van der Waals surface area contributed by atoms with Gasteiger partial charge in [0.15, 0.2) is 0 Å². The van der Waals surface area contributed by atoms with Gasteiger partial charge in [0.2, 0.25) is 5.91 Å². The van der Waals surface area contributed by atoms with Crippen LogP contribution in [0, 0.1) is 0 Å². The highest BCUT2D eigenvalue weighted by molar-refractivity contribution is 5.85. The lowest BCUT2D eigenvalue weighted by Crippen LogP contribution is -2.46. The molecule has 154 valence electrons. The van der Waals surface area contributed by atoms with E-state index in [1.54, 1.807) is 6.92 Å². The first-order valence-corrected chi connectivity index (χ1v) is 9.36. The van der Waals surface area contributed by atoms with Gasteiger partial charge in [-0.2, -0.15) is 0 Å². The number of esters is 1. The molecule has 0 saturated carbocycles. The van der Waals surface area contributed by atoms with E-state index in [1.165, 1.54) is 7.11 Å². The van der Waals surface area contributed by atoms with E-state index >= 15 is 0 Å². The van der Waals surface area contributed by atoms with Crippen molar-refractivity contribution in [2.24, 2.45) is 0 Å². The Kier molecular flexibility index (Phi) is 8.69. The first-order valence-electron chi connectivity index (χ1n) is 9.36. The summed E-state index contributed by atoms with van der Waals surface area (Å²) in [7, 11) is 1.33. The average Bonchev–Trinajstić information content (AvgIpc) is 2.76. The van der Waals surface area contributed by atoms with E-state index in [-0.39, 0.29) is 37.4 Å². The van der Waals surface area contributed by atoms with Crippen molar-refractivity contribution in [1.82, 2.24) is 10.6 Å². The van der Waals surface area contributed by atoms with Crippen LogP contribution in [0.3, 0.4) is 0 Å². The van der Waals surface area contributed by atoms with Gasteiger partial charge in [-0.25, -0.2) is 4.79 Å². The minimum absolute atomic E-state index is 0.121. The zero-order valence-corrected chi connectivity index (χ0v) is 16.6. The molecule has 7 nitrogen and oxygen atoms in total. The fourth-order valence-electron chi connectivity index (χ4n) is 2.70. The maximum Gasteiger partial charge on any atom is 0.408 e. The Balaban J connectivity index is 1.83. The van der Waals surface area contributed by atoms with Gasteiger partial charge in [0.05, 0.1) is 13.5 Å². The number of nitrogens with one attached hydrogen (secondary N) is 2. The third-order valence-corrected chi connectivity index (χ3v) is 4.37. The third kappa shape index (κ3) is 7.65. The summed E-state index contributed by atoms with van der Waals surface area (Å²) in [6.07, 6.45) is -0.535. The van der Waals surface area contributed by atoms with Crippen molar-refractivity contribution >= 4 is 18.0 Å². The summed E-state index contributed by atoms with van der Waals surface area (Å²) in [6, 6.07) is 17.9. The van der Waals surface area contributed by atoms with Crippen LogP contribution in [0.25, 0.3) is 0 Å². The van der Waals surface area contributed by atoms with E-state index in [0.717, 1.165) is 11.1 Å². The number of hydrogen-bond acceptors (Lipinski definition) is 5. The van der Waals surface area contributed by atoms with E-state index in [4.69, 9.17) is 9.47 Å². The minimum atomic E-state index is -0.784. The zero-order valence-electron chi connectivity index (χ0n) is 16.6. The number of hydrogen-bond donors (Lipinski definition) is 2. The smallest absolute Gasteiger partial charge is 0.408 e. The molecule has 2 aromatic rings. The highest BCUT2D eigenvalue weighted by Crippen LogP contribution is 2.19. The van der Waals surface area contributed by atoms with E-state index in [0.29, 0.717) is 0 Å². The molecule has 0 fully saturated rings. The number of amides is 2. The van der Waals surface area contributed by atoms with Crippen LogP contribution in [0.4, 0.5) is 4.79 Å². The molecule has 0 spiro atoms. The zero-order chi connectivity index (χ0) is 21.1. The fourth-order valence-corrected chi connectivity index (χ4v) is 2.70. The molecule has 2 rings (SSSR count). The molecule has 2 N–H and O–H groups in total. The molecule has 0 aliphatic rings. The highest BCUT2D eigenvalue weighted by atomic mass is 16.5. The molecule has 2 atom stereocenters. The van der Waals surface area contributed by atoms with E-state index in [9.17, 15) is 14.4 Å². The Labute approximate surface area is 170 Å². The number of carbonyl (C=O) groups is 3. The SMILES string of the molecule is COC(=O)CC(CNC(=O)C(C)NC(=O)OCc1ccccc1)c1ccccc1. The van der Waals surface area contributed by atoms with Gasteiger partial charge in [0, 0.05) is 12.5 Å². The molecule has 7 heteroatoms.